The van der Waals surface area contributed by atoms with Crippen molar-refractivity contribution >= 4 is 34.1 Å². The first kappa shape index (κ1) is 17.5. The number of rotatable bonds is 5. The molecule has 130 valence electrons. The zero-order chi connectivity index (χ0) is 17.8. The minimum atomic E-state index is -0.446. The number of carbonyl (C=O) groups excluding carboxylic acids is 1. The van der Waals surface area contributed by atoms with Crippen molar-refractivity contribution in [1.29, 1.82) is 5.26 Å². The molecule has 2 aromatic rings. The molecule has 3 rings (SSSR count). The van der Waals surface area contributed by atoms with Crippen molar-refractivity contribution < 1.29 is 19.0 Å². The fourth-order valence-corrected chi connectivity index (χ4v) is 4.35. The Hall–Kier alpha value is -2.37. The number of thioether (sulfide) groups is 1. The standard InChI is InChI=1S/C17H16N2O4S2/c1-2-21-17(20)15-12(11(8-18)16(19)25-15)9-24-10-3-4-13-14(7-10)23-6-5-22-13/h3-4,7H,2,5-6,9,19H2,1H3. The molecule has 2 N–H and O–H groups in total. The van der Waals surface area contributed by atoms with Gasteiger partial charge in [0.25, 0.3) is 0 Å². The van der Waals surface area contributed by atoms with E-state index < -0.39 is 5.97 Å². The number of anilines is 1. The third-order valence-corrected chi connectivity index (χ3v) is 5.57. The van der Waals surface area contributed by atoms with Crippen molar-refractivity contribution in [3.8, 4) is 17.6 Å². The van der Waals surface area contributed by atoms with E-state index in [0.29, 0.717) is 45.7 Å². The van der Waals surface area contributed by atoms with Gasteiger partial charge < -0.3 is 19.9 Å². The summed E-state index contributed by atoms with van der Waals surface area (Å²) in [5, 5.41) is 9.69. The Labute approximate surface area is 153 Å². The van der Waals surface area contributed by atoms with Gasteiger partial charge in [-0.05, 0) is 25.1 Å². The molecule has 0 unspecified atom stereocenters. The van der Waals surface area contributed by atoms with Crippen molar-refractivity contribution in [2.45, 2.75) is 17.6 Å². The summed E-state index contributed by atoms with van der Waals surface area (Å²) in [6, 6.07) is 7.76. The quantitative estimate of drug-likeness (QED) is 0.631. The Morgan fingerprint density at radius 3 is 2.88 bits per heavy atom. The van der Waals surface area contributed by atoms with E-state index in [4.69, 9.17) is 19.9 Å². The van der Waals surface area contributed by atoms with Gasteiger partial charge in [0.2, 0.25) is 0 Å². The number of nitrogen functional groups attached to an aromatic ring is 1. The van der Waals surface area contributed by atoms with Gasteiger partial charge in [-0.25, -0.2) is 4.79 Å². The number of benzene rings is 1. The van der Waals surface area contributed by atoms with E-state index in [-0.39, 0.29) is 6.61 Å². The molecule has 0 saturated heterocycles. The highest BCUT2D eigenvalue weighted by molar-refractivity contribution is 7.98. The molecule has 6 nitrogen and oxygen atoms in total. The maximum Gasteiger partial charge on any atom is 0.348 e. The lowest BCUT2D eigenvalue weighted by molar-refractivity contribution is 0.0531. The highest BCUT2D eigenvalue weighted by Gasteiger charge is 2.23. The molecule has 0 radical (unpaired) electrons. The van der Waals surface area contributed by atoms with E-state index in [1.165, 1.54) is 11.8 Å². The lowest BCUT2D eigenvalue weighted by atomic mass is 10.2. The zero-order valence-corrected chi connectivity index (χ0v) is 15.2. The number of nitrogens with two attached hydrogens (primary N) is 1. The maximum atomic E-state index is 12.1. The number of ether oxygens (including phenoxy) is 3. The van der Waals surface area contributed by atoms with Crippen LogP contribution in [-0.2, 0) is 10.5 Å². The van der Waals surface area contributed by atoms with Gasteiger partial charge in [0.05, 0.1) is 12.2 Å². The van der Waals surface area contributed by atoms with Crippen LogP contribution >= 0.6 is 23.1 Å². The van der Waals surface area contributed by atoms with Crippen molar-refractivity contribution in [1.82, 2.24) is 0 Å². The Morgan fingerprint density at radius 2 is 2.16 bits per heavy atom. The SMILES string of the molecule is CCOC(=O)c1sc(N)c(C#N)c1CSc1ccc2c(c1)OCCO2. The topological polar surface area (TPSA) is 94.6 Å². The molecule has 1 aromatic carbocycles. The van der Waals surface area contributed by atoms with Gasteiger partial charge in [-0.3, -0.25) is 0 Å². The first-order valence-electron chi connectivity index (χ1n) is 7.64. The average Bonchev–Trinajstić information content (AvgIpc) is 2.95. The summed E-state index contributed by atoms with van der Waals surface area (Å²) in [7, 11) is 0. The van der Waals surface area contributed by atoms with Gasteiger partial charge in [-0.1, -0.05) is 0 Å². The molecule has 0 saturated carbocycles. The Kier molecular flexibility index (Phi) is 5.36. The number of carbonyl (C=O) groups is 1. The molecule has 0 fully saturated rings. The van der Waals surface area contributed by atoms with Crippen LogP contribution in [-0.4, -0.2) is 25.8 Å². The highest BCUT2D eigenvalue weighted by atomic mass is 32.2. The van der Waals surface area contributed by atoms with Crippen LogP contribution in [0.4, 0.5) is 5.00 Å². The van der Waals surface area contributed by atoms with E-state index in [1.807, 2.05) is 18.2 Å². The number of nitriles is 1. The molecule has 0 atom stereocenters. The van der Waals surface area contributed by atoms with Crippen LogP contribution in [0.2, 0.25) is 0 Å². The minimum absolute atomic E-state index is 0.271. The van der Waals surface area contributed by atoms with E-state index in [9.17, 15) is 10.1 Å². The van der Waals surface area contributed by atoms with E-state index >= 15 is 0 Å². The van der Waals surface area contributed by atoms with Crippen LogP contribution in [0.5, 0.6) is 11.5 Å². The monoisotopic (exact) mass is 376 g/mol. The molecule has 0 spiro atoms. The maximum absolute atomic E-state index is 12.1. The summed E-state index contributed by atoms with van der Waals surface area (Å²) < 4.78 is 16.2. The third kappa shape index (κ3) is 3.67. The predicted octanol–water partition coefficient (Wildman–Crippen LogP) is 3.44. The lowest BCUT2D eigenvalue weighted by Crippen LogP contribution is -2.15. The van der Waals surface area contributed by atoms with Gasteiger partial charge in [0.15, 0.2) is 11.5 Å². The number of nitrogens with zero attached hydrogens (tertiary/aromatic N) is 1. The molecule has 0 bridgehead atoms. The summed E-state index contributed by atoms with van der Waals surface area (Å²) in [5.41, 5.74) is 6.85. The van der Waals surface area contributed by atoms with Crippen molar-refractivity contribution in [2.24, 2.45) is 0 Å². The molecule has 0 aliphatic carbocycles. The van der Waals surface area contributed by atoms with E-state index in [2.05, 4.69) is 6.07 Å². The number of thiophene rings is 1. The van der Waals surface area contributed by atoms with Crippen LogP contribution in [0.3, 0.4) is 0 Å². The average molecular weight is 376 g/mol. The summed E-state index contributed by atoms with van der Waals surface area (Å²) in [6.45, 7) is 3.08. The van der Waals surface area contributed by atoms with Crippen LogP contribution in [0.15, 0.2) is 23.1 Å². The normalized spacial score (nSPS) is 12.5. The summed E-state index contributed by atoms with van der Waals surface area (Å²) in [5.74, 6) is 1.41. The molecule has 0 amide bonds. The van der Waals surface area contributed by atoms with Gasteiger partial charge >= 0.3 is 5.97 Å². The molecule has 1 aliphatic rings. The van der Waals surface area contributed by atoms with Gasteiger partial charge in [-0.2, -0.15) is 5.26 Å². The molecule has 1 aliphatic heterocycles. The first-order chi connectivity index (χ1) is 12.1. The second kappa shape index (κ2) is 7.68. The largest absolute Gasteiger partial charge is 0.486 e. The molecule has 8 heteroatoms. The van der Waals surface area contributed by atoms with Crippen molar-refractivity contribution in [2.75, 3.05) is 25.6 Å². The molecular formula is C17H16N2O4S2. The van der Waals surface area contributed by atoms with Crippen molar-refractivity contribution in [3.05, 3.63) is 34.2 Å². The molecule has 2 heterocycles. The van der Waals surface area contributed by atoms with Crippen LogP contribution in [0.25, 0.3) is 0 Å². The van der Waals surface area contributed by atoms with Gasteiger partial charge in [0, 0.05) is 16.2 Å². The van der Waals surface area contributed by atoms with Crippen LogP contribution < -0.4 is 15.2 Å². The number of esters is 1. The number of hydrogen-bond acceptors (Lipinski definition) is 8. The second-order valence-electron chi connectivity index (χ2n) is 5.08. The molecular weight excluding hydrogens is 360 g/mol. The number of hydrogen-bond donors (Lipinski definition) is 1. The minimum Gasteiger partial charge on any atom is -0.486 e. The number of fused-ring (bicyclic) bond motifs is 1. The highest BCUT2D eigenvalue weighted by Crippen LogP contribution is 2.38. The Bertz CT molecular complexity index is 842. The van der Waals surface area contributed by atoms with Crippen LogP contribution in [0, 0.1) is 11.3 Å². The van der Waals surface area contributed by atoms with Crippen molar-refractivity contribution in [3.63, 3.8) is 0 Å². The molecule has 25 heavy (non-hydrogen) atoms. The predicted molar refractivity (Wildman–Crippen MR) is 96.4 cm³/mol. The fourth-order valence-electron chi connectivity index (χ4n) is 2.38. The third-order valence-electron chi connectivity index (χ3n) is 3.50. The second-order valence-corrected chi connectivity index (χ2v) is 7.18. The van der Waals surface area contributed by atoms with E-state index in [0.717, 1.165) is 22.0 Å². The lowest BCUT2D eigenvalue weighted by Gasteiger charge is -2.18. The molecule has 1 aromatic heterocycles. The Morgan fingerprint density at radius 1 is 1.40 bits per heavy atom. The summed E-state index contributed by atoms with van der Waals surface area (Å²) in [6.07, 6.45) is 0. The fraction of sp³-hybridized carbons (Fsp3) is 0.294. The van der Waals surface area contributed by atoms with Gasteiger partial charge in [-0.15, -0.1) is 23.1 Å². The zero-order valence-electron chi connectivity index (χ0n) is 13.5. The summed E-state index contributed by atoms with van der Waals surface area (Å²) in [4.78, 5) is 13.5. The van der Waals surface area contributed by atoms with E-state index in [1.54, 1.807) is 6.92 Å². The van der Waals surface area contributed by atoms with Crippen LogP contribution in [0.1, 0.15) is 27.7 Å². The smallest absolute Gasteiger partial charge is 0.348 e. The Balaban J connectivity index is 1.83. The van der Waals surface area contributed by atoms with Gasteiger partial charge in [0.1, 0.15) is 29.2 Å². The summed E-state index contributed by atoms with van der Waals surface area (Å²) >= 11 is 2.59. The first-order valence-corrected chi connectivity index (χ1v) is 9.45.